The summed E-state index contributed by atoms with van der Waals surface area (Å²) in [6, 6.07) is 16.1. The largest absolute Gasteiger partial charge is 0.497 e. The van der Waals surface area contributed by atoms with Gasteiger partial charge in [0.15, 0.2) is 8.32 Å². The van der Waals surface area contributed by atoms with E-state index >= 15 is 0 Å². The predicted octanol–water partition coefficient (Wildman–Crippen LogP) is 10.9. The molecule has 0 aliphatic rings. The highest BCUT2D eigenvalue weighted by Crippen LogP contribution is 2.40. The van der Waals surface area contributed by atoms with Crippen LogP contribution in [0.15, 0.2) is 58.7 Å². The smallest absolute Gasteiger partial charge is 0.192 e. The second-order valence-electron chi connectivity index (χ2n) is 15.8. The van der Waals surface area contributed by atoms with Crippen molar-refractivity contribution in [1.29, 1.82) is 0 Å². The van der Waals surface area contributed by atoms with Gasteiger partial charge in [0.1, 0.15) is 11.5 Å². The molecule has 0 radical (unpaired) electrons. The van der Waals surface area contributed by atoms with Crippen LogP contribution in [0.4, 0.5) is 0 Å². The Morgan fingerprint density at radius 1 is 0.796 bits per heavy atom. The molecule has 0 aliphatic carbocycles. The molecule has 6 nitrogen and oxygen atoms in total. The standard InChI is InChI=1S/C41H67IO6Si/c1-29(25-31(3)40(30(2)23-24-42)47-28-35-16-20-37(45-10)21-17-35)13-22-38(48-49(11,12)41(6,7)8)33(5)39(43)32(4)26-46-27-34-14-18-36(44-9)19-15-34/h14-21,23-24,29-33,38-40,43H,13,22,25-28H2,1-12H3/b24-23-/t29-,30-,31-,32-,33-,38+,39-,40-/m0/s1. The van der Waals surface area contributed by atoms with Crippen LogP contribution in [0.1, 0.15) is 85.8 Å². The number of rotatable bonds is 22. The molecular weight excluding hydrogens is 743 g/mol. The van der Waals surface area contributed by atoms with Gasteiger partial charge < -0.3 is 28.5 Å². The molecule has 2 aromatic carbocycles. The molecule has 0 spiro atoms. The molecule has 8 heteroatoms. The Kier molecular flexibility index (Phi) is 18.9. The lowest BCUT2D eigenvalue weighted by Gasteiger charge is -2.42. The van der Waals surface area contributed by atoms with E-state index in [9.17, 15) is 5.11 Å². The summed E-state index contributed by atoms with van der Waals surface area (Å²) in [6.07, 6.45) is 4.80. The van der Waals surface area contributed by atoms with Crippen LogP contribution >= 0.6 is 22.6 Å². The predicted molar refractivity (Wildman–Crippen MR) is 215 cm³/mol. The molecule has 49 heavy (non-hydrogen) atoms. The van der Waals surface area contributed by atoms with Gasteiger partial charge in [-0.2, -0.15) is 0 Å². The van der Waals surface area contributed by atoms with Crippen molar-refractivity contribution in [2.24, 2.45) is 29.6 Å². The van der Waals surface area contributed by atoms with Crippen LogP contribution in [0, 0.1) is 29.6 Å². The summed E-state index contributed by atoms with van der Waals surface area (Å²) >= 11 is 2.30. The van der Waals surface area contributed by atoms with Crippen molar-refractivity contribution in [3.8, 4) is 11.5 Å². The highest BCUT2D eigenvalue weighted by molar-refractivity contribution is 14.1. The number of hydrogen-bond acceptors (Lipinski definition) is 6. The molecule has 0 aromatic heterocycles. The third-order valence-electron chi connectivity index (χ3n) is 10.5. The summed E-state index contributed by atoms with van der Waals surface area (Å²) in [5, 5.41) is 11.7. The van der Waals surface area contributed by atoms with Gasteiger partial charge in [-0.05, 0) is 88.7 Å². The molecule has 0 heterocycles. The zero-order chi connectivity index (χ0) is 36.8. The van der Waals surface area contributed by atoms with E-state index in [0.29, 0.717) is 37.6 Å². The Labute approximate surface area is 314 Å². The molecule has 0 unspecified atom stereocenters. The summed E-state index contributed by atoms with van der Waals surface area (Å²) in [4.78, 5) is 0. The number of aliphatic hydroxyl groups is 1. The Morgan fingerprint density at radius 3 is 1.82 bits per heavy atom. The average Bonchev–Trinajstić information content (AvgIpc) is 3.06. The Morgan fingerprint density at radius 2 is 1.33 bits per heavy atom. The first-order valence-corrected chi connectivity index (χ1v) is 22.3. The third kappa shape index (κ3) is 14.6. The molecule has 0 aliphatic heterocycles. The van der Waals surface area contributed by atoms with Gasteiger partial charge in [0.2, 0.25) is 0 Å². The molecule has 2 aromatic rings. The fourth-order valence-corrected chi connectivity index (χ4v) is 8.31. The SMILES string of the molecule is COc1ccc(COC[C@H](C)[C@H](O)[C@@H](C)[C@@H](CC[C@H](C)C[C@H](C)[C@@H](OCc2ccc(OC)cc2)[C@@H](C)/C=C\I)O[Si](C)(C)C(C)(C)C)cc1. The minimum Gasteiger partial charge on any atom is -0.497 e. The molecule has 278 valence electrons. The Hall–Kier alpha value is -1.43. The first-order valence-electron chi connectivity index (χ1n) is 18.1. The third-order valence-corrected chi connectivity index (χ3v) is 15.5. The van der Waals surface area contributed by atoms with Gasteiger partial charge in [-0.15, -0.1) is 0 Å². The maximum absolute atomic E-state index is 11.6. The summed E-state index contributed by atoms with van der Waals surface area (Å²) in [6.45, 7) is 24.3. The van der Waals surface area contributed by atoms with E-state index in [4.69, 9.17) is 23.4 Å². The molecule has 0 fully saturated rings. The normalized spacial score (nSPS) is 17.6. The molecule has 0 amide bonds. The lowest BCUT2D eigenvalue weighted by atomic mass is 9.83. The van der Waals surface area contributed by atoms with E-state index in [1.54, 1.807) is 14.2 Å². The van der Waals surface area contributed by atoms with E-state index < -0.39 is 14.4 Å². The highest BCUT2D eigenvalue weighted by atomic mass is 127. The lowest BCUT2D eigenvalue weighted by Crippen LogP contribution is -2.48. The van der Waals surface area contributed by atoms with Gasteiger partial charge in [-0.3, -0.25) is 0 Å². The van der Waals surface area contributed by atoms with Crippen LogP contribution in [0.3, 0.4) is 0 Å². The summed E-state index contributed by atoms with van der Waals surface area (Å²) in [7, 11) is 1.29. The van der Waals surface area contributed by atoms with Crippen molar-refractivity contribution in [2.75, 3.05) is 20.8 Å². The van der Waals surface area contributed by atoms with Crippen LogP contribution in [-0.4, -0.2) is 52.6 Å². The van der Waals surface area contributed by atoms with E-state index in [1.165, 1.54) is 0 Å². The van der Waals surface area contributed by atoms with Crippen molar-refractivity contribution in [1.82, 2.24) is 0 Å². The fraction of sp³-hybridized carbons (Fsp3) is 0.659. The molecule has 0 bridgehead atoms. The number of aliphatic hydroxyl groups excluding tert-OH is 1. The lowest BCUT2D eigenvalue weighted by molar-refractivity contribution is -0.0355. The van der Waals surface area contributed by atoms with Gasteiger partial charge in [-0.25, -0.2) is 0 Å². The zero-order valence-corrected chi connectivity index (χ0v) is 35.7. The zero-order valence-electron chi connectivity index (χ0n) is 32.5. The van der Waals surface area contributed by atoms with Crippen molar-refractivity contribution in [2.45, 2.75) is 124 Å². The van der Waals surface area contributed by atoms with Crippen LogP contribution in [0.2, 0.25) is 18.1 Å². The van der Waals surface area contributed by atoms with Gasteiger partial charge in [-0.1, -0.05) is 108 Å². The van der Waals surface area contributed by atoms with E-state index in [2.05, 4.69) is 113 Å². The molecule has 0 saturated carbocycles. The molecular formula is C41H67IO6Si. The van der Waals surface area contributed by atoms with Gasteiger partial charge in [0, 0.05) is 17.8 Å². The number of halogens is 1. The average molecular weight is 811 g/mol. The maximum Gasteiger partial charge on any atom is 0.192 e. The van der Waals surface area contributed by atoms with E-state index in [0.717, 1.165) is 41.9 Å². The van der Waals surface area contributed by atoms with Gasteiger partial charge >= 0.3 is 0 Å². The first-order chi connectivity index (χ1) is 23.0. The molecule has 1 N–H and O–H groups in total. The Bertz CT molecular complexity index is 1210. The van der Waals surface area contributed by atoms with E-state index in [1.807, 2.05) is 36.4 Å². The Balaban J connectivity index is 2.07. The fourth-order valence-electron chi connectivity index (χ4n) is 6.21. The monoisotopic (exact) mass is 810 g/mol. The molecule has 2 rings (SSSR count). The summed E-state index contributed by atoms with van der Waals surface area (Å²) < 4.78 is 32.5. The van der Waals surface area contributed by atoms with E-state index in [-0.39, 0.29) is 29.1 Å². The number of methoxy groups -OCH3 is 2. The number of hydrogen-bond donors (Lipinski definition) is 1. The van der Waals surface area contributed by atoms with Crippen LogP contribution in [0.25, 0.3) is 0 Å². The first kappa shape index (κ1) is 43.7. The van der Waals surface area contributed by atoms with Crippen LogP contribution in [0.5, 0.6) is 11.5 Å². The topological polar surface area (TPSA) is 66.4 Å². The highest BCUT2D eigenvalue weighted by Gasteiger charge is 2.41. The summed E-state index contributed by atoms with van der Waals surface area (Å²) in [5.74, 6) is 2.81. The second-order valence-corrected chi connectivity index (χ2v) is 21.3. The minimum atomic E-state index is -2.07. The van der Waals surface area contributed by atoms with Gasteiger partial charge in [0.05, 0.1) is 52.4 Å². The summed E-state index contributed by atoms with van der Waals surface area (Å²) in [5.41, 5.74) is 2.24. The minimum absolute atomic E-state index is 0.0206. The second kappa shape index (κ2) is 21.2. The molecule has 0 saturated heterocycles. The maximum atomic E-state index is 11.6. The van der Waals surface area contributed by atoms with Crippen molar-refractivity contribution in [3.63, 3.8) is 0 Å². The van der Waals surface area contributed by atoms with Crippen molar-refractivity contribution < 1.29 is 28.5 Å². The van der Waals surface area contributed by atoms with Crippen LogP contribution in [-0.2, 0) is 27.1 Å². The molecule has 8 atom stereocenters. The quantitative estimate of drug-likeness (QED) is 0.0944. The number of benzene rings is 2. The van der Waals surface area contributed by atoms with Crippen LogP contribution < -0.4 is 9.47 Å². The number of ether oxygens (including phenoxy) is 4. The van der Waals surface area contributed by atoms with Crippen molar-refractivity contribution in [3.05, 3.63) is 69.8 Å². The van der Waals surface area contributed by atoms with Crippen molar-refractivity contribution >= 4 is 30.9 Å². The van der Waals surface area contributed by atoms with Gasteiger partial charge in [0.25, 0.3) is 0 Å².